The molecule has 0 bridgehead atoms. The first kappa shape index (κ1) is 29.3. The van der Waals surface area contributed by atoms with Crippen LogP contribution in [0.1, 0.15) is 54.3 Å². The highest BCUT2D eigenvalue weighted by atomic mass is 35.5. The van der Waals surface area contributed by atoms with E-state index < -0.39 is 6.04 Å². The van der Waals surface area contributed by atoms with Crippen molar-refractivity contribution >= 4 is 35.2 Å². The topological polar surface area (TPSA) is 127 Å². The van der Waals surface area contributed by atoms with E-state index in [9.17, 15) is 14.7 Å². The predicted octanol–water partition coefficient (Wildman–Crippen LogP) is 3.10. The number of likely N-dealkylation sites (N-methyl/N-ethyl adjacent to an activating group) is 1. The third-order valence-electron chi connectivity index (χ3n) is 8.64. The number of amides is 2. The SMILES string of the molecule is C[C@H](C(=O)N[C@H](C)c1cccc(N2CCN(C)CC2)n1)N1Cc2ccc(-c3nc(N[C@H]4C[C@H](O)C4)ncc3Cl)cc2C1=O. The van der Waals surface area contributed by atoms with E-state index in [2.05, 4.69) is 37.4 Å². The monoisotopic (exact) mass is 604 g/mol. The summed E-state index contributed by atoms with van der Waals surface area (Å²) in [7, 11) is 2.12. The highest BCUT2D eigenvalue weighted by Gasteiger charge is 2.35. The van der Waals surface area contributed by atoms with Gasteiger partial charge in [0.25, 0.3) is 5.91 Å². The molecule has 11 nitrogen and oxygen atoms in total. The summed E-state index contributed by atoms with van der Waals surface area (Å²) in [5.41, 5.74) is 3.35. The zero-order valence-electron chi connectivity index (χ0n) is 24.6. The Morgan fingerprint density at radius 1 is 1.09 bits per heavy atom. The average molecular weight is 605 g/mol. The molecule has 2 aliphatic heterocycles. The lowest BCUT2D eigenvalue weighted by Gasteiger charge is -2.33. The second-order valence-corrected chi connectivity index (χ2v) is 12.2. The molecule has 0 spiro atoms. The highest BCUT2D eigenvalue weighted by Crippen LogP contribution is 2.33. The van der Waals surface area contributed by atoms with Gasteiger partial charge in [-0.25, -0.2) is 15.0 Å². The lowest BCUT2D eigenvalue weighted by Crippen LogP contribution is -2.46. The Morgan fingerprint density at radius 2 is 1.86 bits per heavy atom. The quantitative estimate of drug-likeness (QED) is 0.355. The number of benzene rings is 1. The molecule has 2 aromatic heterocycles. The van der Waals surface area contributed by atoms with Crippen molar-refractivity contribution in [2.45, 2.75) is 57.5 Å². The zero-order valence-corrected chi connectivity index (χ0v) is 25.4. The van der Waals surface area contributed by atoms with Gasteiger partial charge >= 0.3 is 0 Å². The van der Waals surface area contributed by atoms with Crippen LogP contribution in [0.15, 0.2) is 42.6 Å². The van der Waals surface area contributed by atoms with Crippen LogP contribution in [0.4, 0.5) is 11.8 Å². The number of aromatic nitrogens is 3. The number of pyridine rings is 1. The summed E-state index contributed by atoms with van der Waals surface area (Å²) in [6, 6.07) is 10.6. The molecule has 43 heavy (non-hydrogen) atoms. The number of hydrogen-bond donors (Lipinski definition) is 3. The van der Waals surface area contributed by atoms with Gasteiger partial charge in [0.15, 0.2) is 0 Å². The first-order valence-electron chi connectivity index (χ1n) is 14.8. The van der Waals surface area contributed by atoms with Crippen LogP contribution >= 0.6 is 11.6 Å². The molecule has 0 radical (unpaired) electrons. The standard InChI is InChI=1S/C31H37ClN8O3/c1-18(26-5-4-6-27(36-26)39-11-9-38(3)10-12-39)34-29(42)19(2)40-17-21-8-7-20(13-24(21)30(40)43)28-25(32)16-33-31(37-28)35-22-14-23(41)15-22/h4-8,13,16,18-19,22-23,41H,9-12,14-15,17H2,1-3H3,(H,34,42)(H,33,35,37)/t18-,19-,22-,23-/m1/s1. The summed E-state index contributed by atoms with van der Waals surface area (Å²) in [5.74, 6) is 0.882. The second-order valence-electron chi connectivity index (χ2n) is 11.8. The molecule has 2 amide bonds. The number of carbonyl (C=O) groups excluding carboxylic acids is 2. The zero-order chi connectivity index (χ0) is 30.2. The molecule has 3 aromatic rings. The van der Waals surface area contributed by atoms with Crippen LogP contribution < -0.4 is 15.5 Å². The van der Waals surface area contributed by atoms with Gasteiger partial charge in [-0.2, -0.15) is 0 Å². The maximum Gasteiger partial charge on any atom is 0.255 e. The molecule has 1 aliphatic carbocycles. The molecule has 1 saturated carbocycles. The van der Waals surface area contributed by atoms with Crippen molar-refractivity contribution in [2.75, 3.05) is 43.4 Å². The van der Waals surface area contributed by atoms with E-state index in [4.69, 9.17) is 16.6 Å². The molecule has 2 fully saturated rings. The lowest BCUT2D eigenvalue weighted by molar-refractivity contribution is -0.125. The van der Waals surface area contributed by atoms with Gasteiger partial charge in [0.05, 0.1) is 34.8 Å². The summed E-state index contributed by atoms with van der Waals surface area (Å²) in [6.07, 6.45) is 2.53. The Labute approximate surface area is 256 Å². The van der Waals surface area contributed by atoms with E-state index >= 15 is 0 Å². The van der Waals surface area contributed by atoms with Crippen molar-refractivity contribution in [2.24, 2.45) is 0 Å². The third kappa shape index (κ3) is 6.15. The van der Waals surface area contributed by atoms with Crippen LogP contribution in [0.3, 0.4) is 0 Å². The van der Waals surface area contributed by atoms with Gasteiger partial charge in [-0.15, -0.1) is 0 Å². The van der Waals surface area contributed by atoms with E-state index in [0.29, 0.717) is 47.2 Å². The van der Waals surface area contributed by atoms with Crippen molar-refractivity contribution in [3.05, 3.63) is 64.4 Å². The normalized spacial score (nSPS) is 21.7. The summed E-state index contributed by atoms with van der Waals surface area (Å²) >= 11 is 6.45. The van der Waals surface area contributed by atoms with Crippen molar-refractivity contribution in [1.29, 1.82) is 0 Å². The van der Waals surface area contributed by atoms with E-state index in [1.165, 1.54) is 6.20 Å². The van der Waals surface area contributed by atoms with Crippen molar-refractivity contribution in [3.8, 4) is 11.3 Å². The maximum absolute atomic E-state index is 13.5. The van der Waals surface area contributed by atoms with Gasteiger partial charge in [0, 0.05) is 49.9 Å². The fourth-order valence-electron chi connectivity index (χ4n) is 5.75. The predicted molar refractivity (Wildman–Crippen MR) is 165 cm³/mol. The average Bonchev–Trinajstić information content (AvgIpc) is 3.32. The first-order chi connectivity index (χ1) is 20.7. The minimum atomic E-state index is -0.678. The Balaban J connectivity index is 1.12. The smallest absolute Gasteiger partial charge is 0.255 e. The van der Waals surface area contributed by atoms with E-state index in [0.717, 1.165) is 43.3 Å². The molecular formula is C31H37ClN8O3. The van der Waals surface area contributed by atoms with Gasteiger partial charge in [0.1, 0.15) is 11.9 Å². The molecule has 1 saturated heterocycles. The Hall–Kier alpha value is -3.80. The molecule has 12 heteroatoms. The van der Waals surface area contributed by atoms with Crippen molar-refractivity contribution in [1.82, 2.24) is 30.1 Å². The van der Waals surface area contributed by atoms with Crippen LogP contribution in [-0.4, -0.2) is 93.1 Å². The fraction of sp³-hybridized carbons (Fsp3) is 0.452. The van der Waals surface area contributed by atoms with Crippen LogP contribution in [0, 0.1) is 0 Å². The summed E-state index contributed by atoms with van der Waals surface area (Å²) in [6.45, 7) is 7.80. The number of halogens is 1. The molecule has 0 unspecified atom stereocenters. The number of piperazine rings is 1. The minimum Gasteiger partial charge on any atom is -0.393 e. The number of hydrogen-bond acceptors (Lipinski definition) is 9. The molecular weight excluding hydrogens is 568 g/mol. The van der Waals surface area contributed by atoms with E-state index in [-0.39, 0.29) is 30.0 Å². The Bertz CT molecular complexity index is 1520. The number of nitrogens with zero attached hydrogens (tertiary/aromatic N) is 6. The number of carbonyl (C=O) groups is 2. The summed E-state index contributed by atoms with van der Waals surface area (Å²) in [5, 5.41) is 16.2. The van der Waals surface area contributed by atoms with Crippen LogP contribution in [0.5, 0.6) is 0 Å². The van der Waals surface area contributed by atoms with Gasteiger partial charge in [0.2, 0.25) is 11.9 Å². The maximum atomic E-state index is 13.5. The number of fused-ring (bicyclic) bond motifs is 1. The van der Waals surface area contributed by atoms with Crippen molar-refractivity contribution in [3.63, 3.8) is 0 Å². The largest absolute Gasteiger partial charge is 0.393 e. The summed E-state index contributed by atoms with van der Waals surface area (Å²) in [4.78, 5) is 46.7. The van der Waals surface area contributed by atoms with Gasteiger partial charge in [-0.3, -0.25) is 9.59 Å². The molecule has 1 aromatic carbocycles. The number of anilines is 2. The van der Waals surface area contributed by atoms with E-state index in [1.54, 1.807) is 17.9 Å². The summed E-state index contributed by atoms with van der Waals surface area (Å²) < 4.78 is 0. The molecule has 3 N–H and O–H groups in total. The van der Waals surface area contributed by atoms with Gasteiger partial charge in [-0.05, 0) is 57.5 Å². The van der Waals surface area contributed by atoms with Crippen LogP contribution in [0.25, 0.3) is 11.3 Å². The van der Waals surface area contributed by atoms with Gasteiger partial charge < -0.3 is 30.4 Å². The number of rotatable bonds is 8. The molecule has 3 aliphatic rings. The second kappa shape index (κ2) is 12.1. The third-order valence-corrected chi connectivity index (χ3v) is 8.91. The lowest BCUT2D eigenvalue weighted by atomic mass is 9.90. The molecule has 226 valence electrons. The van der Waals surface area contributed by atoms with E-state index in [1.807, 2.05) is 37.3 Å². The highest BCUT2D eigenvalue weighted by molar-refractivity contribution is 6.33. The van der Waals surface area contributed by atoms with Crippen LogP contribution in [-0.2, 0) is 11.3 Å². The Kier molecular flexibility index (Phi) is 8.21. The molecule has 4 heterocycles. The fourth-order valence-corrected chi connectivity index (χ4v) is 5.95. The first-order valence-corrected chi connectivity index (χ1v) is 15.2. The number of nitrogens with one attached hydrogen (secondary N) is 2. The van der Waals surface area contributed by atoms with Crippen LogP contribution in [0.2, 0.25) is 5.02 Å². The molecule has 2 atom stereocenters. The minimum absolute atomic E-state index is 0.117. The van der Waals surface area contributed by atoms with Crippen molar-refractivity contribution < 1.29 is 14.7 Å². The van der Waals surface area contributed by atoms with Gasteiger partial charge in [-0.1, -0.05) is 29.8 Å². The molecule has 6 rings (SSSR count). The Morgan fingerprint density at radius 3 is 2.60 bits per heavy atom. The number of aliphatic hydroxyl groups is 1. The number of aliphatic hydroxyl groups excluding tert-OH is 1.